The molecule has 0 aromatic heterocycles. The topological polar surface area (TPSA) is 145 Å². The molecule has 0 radical (unpaired) electrons. The van der Waals surface area contributed by atoms with Crippen molar-refractivity contribution in [1.29, 1.82) is 0 Å². The van der Waals surface area contributed by atoms with Gasteiger partial charge in [0.05, 0.1) is 5.92 Å². The third kappa shape index (κ3) is 9.91. The van der Waals surface area contributed by atoms with Gasteiger partial charge in [0, 0.05) is 6.42 Å². The summed E-state index contributed by atoms with van der Waals surface area (Å²) in [6.45, 7) is 7.48. The summed E-state index contributed by atoms with van der Waals surface area (Å²) in [6.07, 6.45) is 0.534. The Balaban J connectivity index is 3.01. The number of carbonyl (C=O) groups is 4. The maximum Gasteiger partial charge on any atom is 0.326 e. The van der Waals surface area contributed by atoms with Crippen molar-refractivity contribution in [3.8, 4) is 0 Å². The minimum absolute atomic E-state index is 0.0488. The van der Waals surface area contributed by atoms with Crippen LogP contribution in [0.3, 0.4) is 0 Å². The highest BCUT2D eigenvalue weighted by atomic mass is 16.5. The number of hydroxylamine groups is 1. The number of rotatable bonds is 13. The quantitative estimate of drug-likeness (QED) is 0.230. The maximum absolute atomic E-state index is 13.0. The van der Waals surface area contributed by atoms with Crippen molar-refractivity contribution in [3.63, 3.8) is 0 Å². The number of amides is 3. The molecule has 0 aliphatic carbocycles. The van der Waals surface area contributed by atoms with Crippen LogP contribution in [-0.2, 0) is 25.6 Å². The van der Waals surface area contributed by atoms with Crippen molar-refractivity contribution in [1.82, 2.24) is 16.1 Å². The molecule has 0 heterocycles. The Bertz CT molecular complexity index is 766. The molecule has 0 unspecified atom stereocenters. The largest absolute Gasteiger partial charge is 0.480 e. The second-order valence-electron chi connectivity index (χ2n) is 8.85. The standard InChI is InChI=1S/C23H35N3O6/c1-14(2)10-18(22(29)25-19(23(30)31)11-15(3)4)24-21(28)17(13-20(27)26-32)12-16-8-6-5-7-9-16/h5-9,14-15,17-19,32H,10-13H2,1-4H3,(H,24,28)(H,25,29)(H,26,27)(H,30,31)/t17-,18+,19+/m1/s1. The van der Waals surface area contributed by atoms with Gasteiger partial charge in [-0.25, -0.2) is 10.3 Å². The molecule has 0 aliphatic heterocycles. The molecular weight excluding hydrogens is 414 g/mol. The van der Waals surface area contributed by atoms with E-state index in [-0.39, 0.29) is 31.1 Å². The van der Waals surface area contributed by atoms with E-state index in [1.165, 1.54) is 5.48 Å². The van der Waals surface area contributed by atoms with Gasteiger partial charge in [-0.1, -0.05) is 58.0 Å². The lowest BCUT2D eigenvalue weighted by molar-refractivity contribution is -0.143. The third-order valence-electron chi connectivity index (χ3n) is 4.91. The van der Waals surface area contributed by atoms with Gasteiger partial charge >= 0.3 is 5.97 Å². The lowest BCUT2D eigenvalue weighted by Gasteiger charge is -2.25. The van der Waals surface area contributed by atoms with E-state index in [2.05, 4.69) is 10.6 Å². The Morgan fingerprint density at radius 3 is 1.88 bits per heavy atom. The summed E-state index contributed by atoms with van der Waals surface area (Å²) in [5.41, 5.74) is 2.36. The van der Waals surface area contributed by atoms with Crippen LogP contribution in [0.2, 0.25) is 0 Å². The van der Waals surface area contributed by atoms with Gasteiger partial charge in [0.2, 0.25) is 17.7 Å². The van der Waals surface area contributed by atoms with Crippen LogP contribution in [0.1, 0.15) is 52.5 Å². The molecule has 32 heavy (non-hydrogen) atoms. The fourth-order valence-corrected chi connectivity index (χ4v) is 3.38. The van der Waals surface area contributed by atoms with E-state index in [0.717, 1.165) is 5.56 Å². The highest BCUT2D eigenvalue weighted by Gasteiger charge is 2.30. The molecule has 1 aromatic rings. The first-order valence-electron chi connectivity index (χ1n) is 10.8. The summed E-state index contributed by atoms with van der Waals surface area (Å²) in [6, 6.07) is 7.08. The van der Waals surface area contributed by atoms with Crippen LogP contribution in [-0.4, -0.2) is 46.1 Å². The first-order valence-corrected chi connectivity index (χ1v) is 10.8. The molecule has 0 saturated carbocycles. The van der Waals surface area contributed by atoms with Gasteiger partial charge in [0.15, 0.2) is 0 Å². The van der Waals surface area contributed by atoms with Gasteiger partial charge < -0.3 is 15.7 Å². The van der Waals surface area contributed by atoms with Gasteiger partial charge in [0.25, 0.3) is 0 Å². The Morgan fingerprint density at radius 2 is 1.38 bits per heavy atom. The number of carboxylic acid groups (broad SMARTS) is 1. The van der Waals surface area contributed by atoms with E-state index in [9.17, 15) is 24.3 Å². The predicted octanol–water partition coefficient (Wildman–Crippen LogP) is 1.89. The van der Waals surface area contributed by atoms with E-state index < -0.39 is 41.7 Å². The average Bonchev–Trinajstić information content (AvgIpc) is 2.72. The van der Waals surface area contributed by atoms with Crippen LogP contribution in [0.15, 0.2) is 30.3 Å². The predicted molar refractivity (Wildman–Crippen MR) is 119 cm³/mol. The SMILES string of the molecule is CC(C)C[C@H](NC(=O)[C@H](CC(C)C)NC(=O)[C@@H](CC(=O)NO)Cc1ccccc1)C(=O)O. The van der Waals surface area contributed by atoms with Gasteiger partial charge in [0.1, 0.15) is 12.1 Å². The molecule has 0 bridgehead atoms. The second-order valence-corrected chi connectivity index (χ2v) is 8.85. The van der Waals surface area contributed by atoms with Crippen molar-refractivity contribution in [3.05, 3.63) is 35.9 Å². The van der Waals surface area contributed by atoms with Crippen LogP contribution in [0.25, 0.3) is 0 Å². The Kier molecular flexibility index (Phi) is 11.4. The summed E-state index contributed by atoms with van der Waals surface area (Å²) in [7, 11) is 0. The summed E-state index contributed by atoms with van der Waals surface area (Å²) < 4.78 is 0. The summed E-state index contributed by atoms with van der Waals surface area (Å²) in [4.78, 5) is 49.2. The monoisotopic (exact) mass is 449 g/mol. The molecule has 3 atom stereocenters. The normalized spacial score (nSPS) is 13.8. The van der Waals surface area contributed by atoms with E-state index in [4.69, 9.17) is 5.21 Å². The zero-order chi connectivity index (χ0) is 24.3. The second kappa shape index (κ2) is 13.5. The third-order valence-corrected chi connectivity index (χ3v) is 4.91. The molecule has 9 nitrogen and oxygen atoms in total. The highest BCUT2D eigenvalue weighted by Crippen LogP contribution is 2.15. The number of aliphatic carboxylic acids is 1. The molecule has 5 N–H and O–H groups in total. The van der Waals surface area contributed by atoms with Gasteiger partial charge in [-0.05, 0) is 36.7 Å². The Hall–Kier alpha value is -2.94. The summed E-state index contributed by atoms with van der Waals surface area (Å²) in [5, 5.41) is 23.5. The zero-order valence-corrected chi connectivity index (χ0v) is 19.1. The van der Waals surface area contributed by atoms with Crippen LogP contribution in [0, 0.1) is 17.8 Å². The molecule has 178 valence electrons. The minimum Gasteiger partial charge on any atom is -0.480 e. The zero-order valence-electron chi connectivity index (χ0n) is 19.1. The number of carbonyl (C=O) groups excluding carboxylic acids is 3. The molecule has 0 fully saturated rings. The fourth-order valence-electron chi connectivity index (χ4n) is 3.38. The summed E-state index contributed by atoms with van der Waals surface area (Å²) in [5.74, 6) is -3.66. The van der Waals surface area contributed by atoms with Gasteiger partial charge in [-0.2, -0.15) is 0 Å². The molecule has 0 aliphatic rings. The number of carboxylic acids is 1. The molecule has 0 spiro atoms. The molecule has 9 heteroatoms. The molecule has 3 amide bonds. The van der Waals surface area contributed by atoms with Crippen molar-refractivity contribution in [2.24, 2.45) is 17.8 Å². The van der Waals surface area contributed by atoms with Crippen molar-refractivity contribution < 1.29 is 29.5 Å². The van der Waals surface area contributed by atoms with Gasteiger partial charge in [-0.3, -0.25) is 19.6 Å². The van der Waals surface area contributed by atoms with Crippen molar-refractivity contribution >= 4 is 23.7 Å². The highest BCUT2D eigenvalue weighted by molar-refractivity contribution is 5.92. The molecule has 0 saturated heterocycles. The molecule has 1 rings (SSSR count). The van der Waals surface area contributed by atoms with E-state index in [1.54, 1.807) is 0 Å². The van der Waals surface area contributed by atoms with E-state index >= 15 is 0 Å². The van der Waals surface area contributed by atoms with Gasteiger partial charge in [-0.15, -0.1) is 0 Å². The lowest BCUT2D eigenvalue weighted by Crippen LogP contribution is -2.53. The Labute approximate surface area is 188 Å². The smallest absolute Gasteiger partial charge is 0.326 e. The lowest BCUT2D eigenvalue weighted by atomic mass is 9.93. The number of nitrogens with one attached hydrogen (secondary N) is 3. The molecular formula is C23H35N3O6. The van der Waals surface area contributed by atoms with Crippen LogP contribution in [0.5, 0.6) is 0 Å². The van der Waals surface area contributed by atoms with Crippen LogP contribution < -0.4 is 16.1 Å². The first kappa shape index (κ1) is 27.1. The number of hydrogen-bond acceptors (Lipinski definition) is 5. The summed E-state index contributed by atoms with van der Waals surface area (Å²) >= 11 is 0. The fraction of sp³-hybridized carbons (Fsp3) is 0.565. The van der Waals surface area contributed by atoms with E-state index in [1.807, 2.05) is 58.0 Å². The molecule has 1 aromatic carbocycles. The van der Waals surface area contributed by atoms with Crippen LogP contribution in [0.4, 0.5) is 0 Å². The Morgan fingerprint density at radius 1 is 0.844 bits per heavy atom. The van der Waals surface area contributed by atoms with E-state index in [0.29, 0.717) is 6.42 Å². The first-order chi connectivity index (χ1) is 15.0. The van der Waals surface area contributed by atoms with Crippen molar-refractivity contribution in [2.75, 3.05) is 0 Å². The number of hydrogen-bond donors (Lipinski definition) is 5. The minimum atomic E-state index is -1.14. The van der Waals surface area contributed by atoms with Crippen molar-refractivity contribution in [2.45, 2.75) is 65.5 Å². The average molecular weight is 450 g/mol. The van der Waals surface area contributed by atoms with Crippen LogP contribution >= 0.6 is 0 Å². The number of benzene rings is 1. The maximum atomic E-state index is 13.0.